The van der Waals surface area contributed by atoms with Crippen molar-refractivity contribution in [1.29, 1.82) is 0 Å². The summed E-state index contributed by atoms with van der Waals surface area (Å²) in [7, 11) is 3.27. The van der Waals surface area contributed by atoms with Crippen LogP contribution in [-0.4, -0.2) is 44.0 Å². The Morgan fingerprint density at radius 2 is 1.81 bits per heavy atom. The van der Waals surface area contributed by atoms with Gasteiger partial charge in [0.05, 0.1) is 14.2 Å². The van der Waals surface area contributed by atoms with Crippen molar-refractivity contribution in [2.45, 2.75) is 17.9 Å². The summed E-state index contributed by atoms with van der Waals surface area (Å²) < 4.78 is 10.7. The van der Waals surface area contributed by atoms with Crippen molar-refractivity contribution in [3.8, 4) is 11.5 Å². The molecule has 1 aliphatic heterocycles. The first-order valence-corrected chi connectivity index (χ1v) is 9.64. The molecule has 1 N–H and O–H groups in total. The van der Waals surface area contributed by atoms with Crippen LogP contribution in [0.25, 0.3) is 0 Å². The number of hydrogen-bond donors (Lipinski definition) is 1. The van der Waals surface area contributed by atoms with Gasteiger partial charge in [-0.3, -0.25) is 0 Å². The molecule has 0 spiro atoms. The number of fused-ring (bicyclic) bond motifs is 1. The lowest BCUT2D eigenvalue weighted by Gasteiger charge is -2.29. The maximum absolute atomic E-state index is 12.4. The summed E-state index contributed by atoms with van der Waals surface area (Å²) >= 11 is 1.74. The fourth-order valence-corrected chi connectivity index (χ4v) is 3.80. The van der Waals surface area contributed by atoms with Crippen molar-refractivity contribution in [2.75, 3.05) is 33.1 Å². The molecule has 0 saturated carbocycles. The van der Waals surface area contributed by atoms with Crippen molar-refractivity contribution >= 4 is 17.8 Å². The lowest BCUT2D eigenvalue weighted by Crippen LogP contribution is -2.43. The molecule has 1 heterocycles. The quantitative estimate of drug-likeness (QED) is 0.622. The van der Waals surface area contributed by atoms with Crippen LogP contribution < -0.4 is 14.8 Å². The Morgan fingerprint density at radius 3 is 2.50 bits per heavy atom. The van der Waals surface area contributed by atoms with Gasteiger partial charge in [0, 0.05) is 30.3 Å². The van der Waals surface area contributed by atoms with Crippen LogP contribution in [0.3, 0.4) is 0 Å². The number of nitrogens with one attached hydrogen (secondary N) is 1. The van der Waals surface area contributed by atoms with Crippen LogP contribution in [0.1, 0.15) is 11.1 Å². The van der Waals surface area contributed by atoms with Gasteiger partial charge in [0.2, 0.25) is 0 Å². The fourth-order valence-electron chi connectivity index (χ4n) is 3.01. The normalized spacial score (nSPS) is 13.1. The standard InChI is InChI=1S/C20H24N2O3S/c1-24-18-12-15-8-10-22(14-16(15)13-19(18)25-2)20(23)21-9-11-26-17-6-4-3-5-7-17/h3-7,12-13H,8-11,14H2,1-2H3,(H,21,23). The number of carbonyl (C=O) groups excluding carboxylic acids is 1. The summed E-state index contributed by atoms with van der Waals surface area (Å²) in [5, 5.41) is 3.01. The third-order valence-corrected chi connectivity index (χ3v) is 5.41. The van der Waals surface area contributed by atoms with E-state index in [1.807, 2.05) is 35.2 Å². The van der Waals surface area contributed by atoms with E-state index in [2.05, 4.69) is 17.4 Å². The molecule has 3 rings (SSSR count). The van der Waals surface area contributed by atoms with Crippen molar-refractivity contribution in [1.82, 2.24) is 10.2 Å². The third-order valence-electron chi connectivity index (χ3n) is 4.40. The average molecular weight is 372 g/mol. The molecule has 2 aromatic carbocycles. The van der Waals surface area contributed by atoms with E-state index in [9.17, 15) is 4.79 Å². The molecule has 0 bridgehead atoms. The van der Waals surface area contributed by atoms with Crippen molar-refractivity contribution < 1.29 is 14.3 Å². The molecule has 6 heteroatoms. The highest BCUT2D eigenvalue weighted by Crippen LogP contribution is 2.33. The molecule has 0 fully saturated rings. The van der Waals surface area contributed by atoms with Gasteiger partial charge in [-0.15, -0.1) is 11.8 Å². The predicted octanol–water partition coefficient (Wildman–Crippen LogP) is 3.56. The number of amides is 2. The first-order chi connectivity index (χ1) is 12.7. The zero-order valence-electron chi connectivity index (χ0n) is 15.2. The number of urea groups is 1. The Balaban J connectivity index is 1.52. The molecule has 0 radical (unpaired) electrons. The van der Waals surface area contributed by atoms with E-state index in [1.165, 1.54) is 10.5 Å². The first kappa shape index (κ1) is 18.5. The minimum absolute atomic E-state index is 0.0147. The maximum Gasteiger partial charge on any atom is 0.317 e. The molecule has 0 unspecified atom stereocenters. The van der Waals surface area contributed by atoms with Crippen LogP contribution in [0.2, 0.25) is 0 Å². The Labute approximate surface area is 158 Å². The van der Waals surface area contributed by atoms with Crippen LogP contribution in [0.5, 0.6) is 11.5 Å². The van der Waals surface area contributed by atoms with Gasteiger partial charge in [0.15, 0.2) is 11.5 Å². The van der Waals surface area contributed by atoms with E-state index in [4.69, 9.17) is 9.47 Å². The maximum atomic E-state index is 12.4. The Hall–Kier alpha value is -2.34. The van der Waals surface area contributed by atoms with E-state index in [0.29, 0.717) is 25.4 Å². The summed E-state index contributed by atoms with van der Waals surface area (Å²) in [4.78, 5) is 15.5. The van der Waals surface area contributed by atoms with Gasteiger partial charge in [-0.25, -0.2) is 4.79 Å². The highest BCUT2D eigenvalue weighted by Gasteiger charge is 2.22. The van der Waals surface area contributed by atoms with E-state index < -0.39 is 0 Å². The third kappa shape index (κ3) is 4.43. The second-order valence-corrected chi connectivity index (χ2v) is 7.21. The highest BCUT2D eigenvalue weighted by atomic mass is 32.2. The van der Waals surface area contributed by atoms with Crippen LogP contribution in [-0.2, 0) is 13.0 Å². The van der Waals surface area contributed by atoms with Crippen LogP contribution in [0.4, 0.5) is 4.79 Å². The summed E-state index contributed by atoms with van der Waals surface area (Å²) in [6, 6.07) is 14.2. The molecule has 5 nitrogen and oxygen atoms in total. The van der Waals surface area contributed by atoms with E-state index in [-0.39, 0.29) is 6.03 Å². The van der Waals surface area contributed by atoms with Gasteiger partial charge in [-0.2, -0.15) is 0 Å². The number of hydrogen-bond acceptors (Lipinski definition) is 4. The zero-order chi connectivity index (χ0) is 18.4. The van der Waals surface area contributed by atoms with Gasteiger partial charge < -0.3 is 19.7 Å². The lowest BCUT2D eigenvalue weighted by atomic mass is 9.99. The Bertz CT molecular complexity index is 752. The SMILES string of the molecule is COc1cc2c(cc1OC)CN(C(=O)NCCSc1ccccc1)CC2. The van der Waals surface area contributed by atoms with Gasteiger partial charge in [-0.1, -0.05) is 18.2 Å². The number of thioether (sulfide) groups is 1. The van der Waals surface area contributed by atoms with Gasteiger partial charge in [0.1, 0.15) is 0 Å². The number of rotatable bonds is 6. The molecule has 0 aliphatic carbocycles. The molecule has 2 amide bonds. The molecule has 1 aliphatic rings. The van der Waals surface area contributed by atoms with Crippen molar-refractivity contribution in [3.05, 3.63) is 53.6 Å². The Kier molecular flexibility index (Phi) is 6.28. The van der Waals surface area contributed by atoms with Crippen LogP contribution in [0, 0.1) is 0 Å². The molecule has 2 aromatic rings. The van der Waals surface area contributed by atoms with E-state index >= 15 is 0 Å². The monoisotopic (exact) mass is 372 g/mol. The molecular weight excluding hydrogens is 348 g/mol. The first-order valence-electron chi connectivity index (χ1n) is 8.65. The van der Waals surface area contributed by atoms with Crippen molar-refractivity contribution in [2.24, 2.45) is 0 Å². The van der Waals surface area contributed by atoms with E-state index in [1.54, 1.807) is 26.0 Å². The van der Waals surface area contributed by atoms with Gasteiger partial charge in [-0.05, 0) is 41.8 Å². The van der Waals surface area contributed by atoms with Gasteiger partial charge >= 0.3 is 6.03 Å². The topological polar surface area (TPSA) is 50.8 Å². The van der Waals surface area contributed by atoms with Crippen LogP contribution >= 0.6 is 11.8 Å². The fraction of sp³-hybridized carbons (Fsp3) is 0.350. The second-order valence-electron chi connectivity index (χ2n) is 6.04. The minimum Gasteiger partial charge on any atom is -0.493 e. The largest absolute Gasteiger partial charge is 0.493 e. The summed E-state index contributed by atoms with van der Waals surface area (Å²) in [5.41, 5.74) is 2.33. The average Bonchev–Trinajstić information content (AvgIpc) is 2.70. The molecular formula is C20H24N2O3S. The second kappa shape index (κ2) is 8.85. The molecule has 138 valence electrons. The zero-order valence-corrected chi connectivity index (χ0v) is 16.0. The Morgan fingerprint density at radius 1 is 1.12 bits per heavy atom. The van der Waals surface area contributed by atoms with Gasteiger partial charge in [0.25, 0.3) is 0 Å². The summed E-state index contributed by atoms with van der Waals surface area (Å²) in [6.07, 6.45) is 0.821. The smallest absolute Gasteiger partial charge is 0.317 e. The number of nitrogens with zero attached hydrogens (tertiary/aromatic N) is 1. The number of ether oxygens (including phenoxy) is 2. The molecule has 26 heavy (non-hydrogen) atoms. The van der Waals surface area contributed by atoms with Crippen molar-refractivity contribution in [3.63, 3.8) is 0 Å². The lowest BCUT2D eigenvalue weighted by molar-refractivity contribution is 0.193. The minimum atomic E-state index is -0.0147. The molecule has 0 aromatic heterocycles. The molecule has 0 saturated heterocycles. The number of methoxy groups -OCH3 is 2. The predicted molar refractivity (Wildman–Crippen MR) is 104 cm³/mol. The number of benzene rings is 2. The molecule has 0 atom stereocenters. The highest BCUT2D eigenvalue weighted by molar-refractivity contribution is 7.99. The summed E-state index contributed by atoms with van der Waals surface area (Å²) in [6.45, 7) is 1.95. The van der Waals surface area contributed by atoms with E-state index in [0.717, 1.165) is 23.5 Å². The summed E-state index contributed by atoms with van der Waals surface area (Å²) in [5.74, 6) is 2.29. The number of carbonyl (C=O) groups is 1. The van der Waals surface area contributed by atoms with Crippen LogP contribution in [0.15, 0.2) is 47.4 Å².